The van der Waals surface area contributed by atoms with E-state index in [-0.39, 0.29) is 0 Å². The summed E-state index contributed by atoms with van der Waals surface area (Å²) in [5.74, 6) is 0.877. The Balaban J connectivity index is 2.06. The van der Waals surface area contributed by atoms with Crippen LogP contribution in [0, 0.1) is 0 Å². The molecule has 1 N–H and O–H groups in total. The quantitative estimate of drug-likeness (QED) is 0.902. The Morgan fingerprint density at radius 2 is 2.24 bits per heavy atom. The topological polar surface area (TPSA) is 49.2 Å². The first-order valence-electron chi connectivity index (χ1n) is 5.39. The van der Waals surface area contributed by atoms with E-state index in [1.807, 2.05) is 35.0 Å². The molecule has 4 nitrogen and oxygen atoms in total. The first-order chi connectivity index (χ1) is 8.16. The van der Waals surface area contributed by atoms with Gasteiger partial charge in [-0.15, -0.1) is 11.3 Å². The van der Waals surface area contributed by atoms with Crippen LogP contribution in [0.4, 0.5) is 5.82 Å². The lowest BCUT2D eigenvalue weighted by Crippen LogP contribution is -2.17. The Kier molecular flexibility index (Phi) is 3.71. The van der Waals surface area contributed by atoms with Gasteiger partial charge in [0.2, 0.25) is 0 Å². The molecule has 2 aromatic heterocycles. The number of pyridine rings is 1. The molecule has 0 amide bonds. The fourth-order valence-electron chi connectivity index (χ4n) is 1.51. The average Bonchev–Trinajstić information content (AvgIpc) is 2.82. The maximum Gasteiger partial charge on any atom is 0.128 e. The highest BCUT2D eigenvalue weighted by atomic mass is 32.1. The van der Waals surface area contributed by atoms with E-state index in [4.69, 9.17) is 0 Å². The van der Waals surface area contributed by atoms with Gasteiger partial charge >= 0.3 is 0 Å². The molecule has 0 aliphatic carbocycles. The maximum atomic E-state index is 9.40. The molecule has 0 aromatic carbocycles. The highest BCUT2D eigenvalue weighted by Crippen LogP contribution is 2.16. The van der Waals surface area contributed by atoms with E-state index in [0.717, 1.165) is 23.6 Å². The second-order valence-electron chi connectivity index (χ2n) is 3.96. The summed E-state index contributed by atoms with van der Waals surface area (Å²) in [4.78, 5) is 10.6. The van der Waals surface area contributed by atoms with Crippen molar-refractivity contribution in [3.63, 3.8) is 0 Å². The molecule has 0 unspecified atom stereocenters. The van der Waals surface area contributed by atoms with Gasteiger partial charge in [0.25, 0.3) is 0 Å². The smallest absolute Gasteiger partial charge is 0.128 e. The van der Waals surface area contributed by atoms with Crippen molar-refractivity contribution in [2.75, 3.05) is 11.9 Å². The molecule has 0 bridgehead atoms. The molecule has 0 spiro atoms. The third-order valence-corrected chi connectivity index (χ3v) is 3.16. The largest absolute Gasteiger partial charge is 0.389 e. The SMILES string of the molecule is C[C@@H](O)c1ccc(N(C)Cc2cscn2)nc1. The molecule has 5 heteroatoms. The van der Waals surface area contributed by atoms with Crippen LogP contribution >= 0.6 is 11.3 Å². The summed E-state index contributed by atoms with van der Waals surface area (Å²) < 4.78 is 0. The van der Waals surface area contributed by atoms with Crippen LogP contribution in [0.5, 0.6) is 0 Å². The van der Waals surface area contributed by atoms with Gasteiger partial charge in [0.1, 0.15) is 5.82 Å². The minimum absolute atomic E-state index is 0.472. The molecular weight excluding hydrogens is 234 g/mol. The number of anilines is 1. The van der Waals surface area contributed by atoms with Gasteiger partial charge in [-0.25, -0.2) is 9.97 Å². The van der Waals surface area contributed by atoms with Crippen molar-refractivity contribution in [1.29, 1.82) is 0 Å². The van der Waals surface area contributed by atoms with Crippen LogP contribution in [-0.2, 0) is 6.54 Å². The molecule has 0 saturated carbocycles. The molecule has 0 aliphatic heterocycles. The van der Waals surface area contributed by atoms with E-state index in [2.05, 4.69) is 9.97 Å². The molecule has 2 heterocycles. The number of nitrogens with zero attached hydrogens (tertiary/aromatic N) is 3. The Morgan fingerprint density at radius 3 is 2.76 bits per heavy atom. The van der Waals surface area contributed by atoms with Gasteiger partial charge in [-0.05, 0) is 18.6 Å². The highest BCUT2D eigenvalue weighted by molar-refractivity contribution is 7.07. The van der Waals surface area contributed by atoms with Crippen LogP contribution in [0.25, 0.3) is 0 Å². The number of aromatic nitrogens is 2. The predicted octanol–water partition coefficient (Wildman–Crippen LogP) is 2.23. The summed E-state index contributed by atoms with van der Waals surface area (Å²) in [5.41, 5.74) is 3.70. The minimum Gasteiger partial charge on any atom is -0.389 e. The first-order valence-corrected chi connectivity index (χ1v) is 6.33. The van der Waals surface area contributed by atoms with E-state index in [1.54, 1.807) is 24.5 Å². The van der Waals surface area contributed by atoms with Crippen molar-refractivity contribution in [3.8, 4) is 0 Å². The second-order valence-corrected chi connectivity index (χ2v) is 4.68. The zero-order chi connectivity index (χ0) is 12.3. The van der Waals surface area contributed by atoms with E-state index in [1.165, 1.54) is 0 Å². The highest BCUT2D eigenvalue weighted by Gasteiger charge is 2.06. The van der Waals surface area contributed by atoms with Crippen LogP contribution in [0.1, 0.15) is 24.3 Å². The third-order valence-electron chi connectivity index (χ3n) is 2.53. The summed E-state index contributed by atoms with van der Waals surface area (Å²) in [6.45, 7) is 2.47. The van der Waals surface area contributed by atoms with Crippen molar-refractivity contribution >= 4 is 17.2 Å². The minimum atomic E-state index is -0.472. The zero-order valence-electron chi connectivity index (χ0n) is 9.87. The Bertz CT molecular complexity index is 453. The maximum absolute atomic E-state index is 9.40. The molecule has 0 fully saturated rings. The monoisotopic (exact) mass is 249 g/mol. The zero-order valence-corrected chi connectivity index (χ0v) is 10.7. The average molecular weight is 249 g/mol. The van der Waals surface area contributed by atoms with E-state index in [0.29, 0.717) is 0 Å². The van der Waals surface area contributed by atoms with Gasteiger partial charge in [-0.2, -0.15) is 0 Å². The molecule has 90 valence electrons. The first kappa shape index (κ1) is 12.0. The standard InChI is InChI=1S/C12H15N3OS/c1-9(16)10-3-4-12(13-5-10)15(2)6-11-7-17-8-14-11/h3-5,7-9,16H,6H2,1-2H3/t9-/m1/s1. The number of hydrogen-bond donors (Lipinski definition) is 1. The Hall–Kier alpha value is -1.46. The lowest BCUT2D eigenvalue weighted by atomic mass is 10.2. The third kappa shape index (κ3) is 3.01. The molecule has 2 rings (SSSR count). The van der Waals surface area contributed by atoms with Gasteiger partial charge in [0.15, 0.2) is 0 Å². The van der Waals surface area contributed by atoms with Crippen LogP contribution in [0.3, 0.4) is 0 Å². The van der Waals surface area contributed by atoms with Crippen molar-refractivity contribution in [3.05, 3.63) is 40.5 Å². The van der Waals surface area contributed by atoms with Gasteiger partial charge in [0, 0.05) is 18.6 Å². The molecule has 0 radical (unpaired) electrons. The summed E-state index contributed by atoms with van der Waals surface area (Å²) in [6.07, 6.45) is 1.23. The molecule has 2 aromatic rings. The molecular formula is C12H15N3OS. The van der Waals surface area contributed by atoms with E-state index < -0.39 is 6.10 Å². The van der Waals surface area contributed by atoms with Gasteiger partial charge in [-0.3, -0.25) is 0 Å². The van der Waals surface area contributed by atoms with Crippen molar-refractivity contribution < 1.29 is 5.11 Å². The number of hydrogen-bond acceptors (Lipinski definition) is 5. The summed E-state index contributed by atoms with van der Waals surface area (Å²) in [7, 11) is 1.98. The lowest BCUT2D eigenvalue weighted by Gasteiger charge is -2.17. The van der Waals surface area contributed by atoms with Gasteiger partial charge < -0.3 is 10.0 Å². The molecule has 17 heavy (non-hydrogen) atoms. The molecule has 0 saturated heterocycles. The van der Waals surface area contributed by atoms with Gasteiger partial charge in [-0.1, -0.05) is 6.07 Å². The number of aliphatic hydroxyl groups is 1. The molecule has 0 aliphatic rings. The van der Waals surface area contributed by atoms with E-state index >= 15 is 0 Å². The second kappa shape index (κ2) is 5.25. The summed E-state index contributed by atoms with van der Waals surface area (Å²) in [5, 5.41) is 11.4. The van der Waals surface area contributed by atoms with Crippen LogP contribution in [-0.4, -0.2) is 22.1 Å². The molecule has 1 atom stereocenters. The Labute approximate surface area is 105 Å². The van der Waals surface area contributed by atoms with Crippen LogP contribution in [0.15, 0.2) is 29.2 Å². The number of aliphatic hydroxyl groups excluding tert-OH is 1. The fraction of sp³-hybridized carbons (Fsp3) is 0.333. The van der Waals surface area contributed by atoms with Crippen molar-refractivity contribution in [2.45, 2.75) is 19.6 Å². The normalized spacial score (nSPS) is 12.4. The Morgan fingerprint density at radius 1 is 1.41 bits per heavy atom. The number of rotatable bonds is 4. The lowest BCUT2D eigenvalue weighted by molar-refractivity contribution is 0.199. The van der Waals surface area contributed by atoms with E-state index in [9.17, 15) is 5.11 Å². The fourth-order valence-corrected chi connectivity index (χ4v) is 2.06. The summed E-state index contributed by atoms with van der Waals surface area (Å²) >= 11 is 1.59. The van der Waals surface area contributed by atoms with Crippen molar-refractivity contribution in [2.24, 2.45) is 0 Å². The van der Waals surface area contributed by atoms with Crippen LogP contribution in [0.2, 0.25) is 0 Å². The predicted molar refractivity (Wildman–Crippen MR) is 69.1 cm³/mol. The summed E-state index contributed by atoms with van der Waals surface area (Å²) in [6, 6.07) is 3.80. The van der Waals surface area contributed by atoms with Crippen LogP contribution < -0.4 is 4.90 Å². The number of thiazole rings is 1. The van der Waals surface area contributed by atoms with Gasteiger partial charge in [0.05, 0.1) is 23.9 Å². The van der Waals surface area contributed by atoms with Crippen molar-refractivity contribution in [1.82, 2.24) is 9.97 Å².